The number of likely N-dealkylation sites (tertiary alicyclic amines) is 1. The normalized spacial score (nSPS) is 17.8. The van der Waals surface area contributed by atoms with Gasteiger partial charge in [-0.1, -0.05) is 6.92 Å². The second kappa shape index (κ2) is 7.70. The van der Waals surface area contributed by atoms with Crippen LogP contribution in [0.5, 0.6) is 0 Å². The summed E-state index contributed by atoms with van der Waals surface area (Å²) in [7, 11) is -3.69. The second-order valence-corrected chi connectivity index (χ2v) is 9.03. The average molecular weight is 458 g/mol. The molecule has 0 spiro atoms. The summed E-state index contributed by atoms with van der Waals surface area (Å²) < 4.78 is 41.0. The van der Waals surface area contributed by atoms with Gasteiger partial charge in [0.05, 0.1) is 0 Å². The summed E-state index contributed by atoms with van der Waals surface area (Å²) >= 11 is 6.22. The molecule has 8 heteroatoms. The van der Waals surface area contributed by atoms with Crippen LogP contribution in [0.4, 0.5) is 4.39 Å². The Hall–Kier alpha value is -0.0200. The molecular weight excluding hydrogens is 439 g/mol. The van der Waals surface area contributed by atoms with E-state index in [9.17, 15) is 12.8 Å². The summed E-state index contributed by atoms with van der Waals surface area (Å²) in [6, 6.07) is 2.29. The van der Waals surface area contributed by atoms with Gasteiger partial charge in [-0.15, -0.1) is 0 Å². The zero-order chi connectivity index (χ0) is 16.3. The molecule has 1 heterocycles. The number of nitrogens with zero attached hydrogens (tertiary/aromatic N) is 1. The monoisotopic (exact) mass is 456 g/mol. The lowest BCUT2D eigenvalue weighted by atomic mass is 9.99. The molecule has 1 aliphatic heterocycles. The summed E-state index contributed by atoms with van der Waals surface area (Å²) in [6.07, 6.45) is 2.31. The van der Waals surface area contributed by atoms with Gasteiger partial charge in [0.15, 0.2) is 0 Å². The van der Waals surface area contributed by atoms with Crippen LogP contribution < -0.4 is 4.72 Å². The van der Waals surface area contributed by atoms with E-state index in [1.54, 1.807) is 0 Å². The highest BCUT2D eigenvalue weighted by molar-refractivity contribution is 9.11. The fourth-order valence-corrected chi connectivity index (χ4v) is 6.03. The lowest BCUT2D eigenvalue weighted by Gasteiger charge is -2.30. The first kappa shape index (κ1) is 18.3. The van der Waals surface area contributed by atoms with Crippen molar-refractivity contribution in [3.05, 3.63) is 26.9 Å². The van der Waals surface area contributed by atoms with Gasteiger partial charge in [-0.3, -0.25) is 0 Å². The van der Waals surface area contributed by atoms with Gasteiger partial charge in [-0.25, -0.2) is 17.5 Å². The molecule has 1 aromatic rings. The zero-order valence-electron chi connectivity index (χ0n) is 12.3. The molecule has 4 nitrogen and oxygen atoms in total. The number of hydrogen-bond acceptors (Lipinski definition) is 3. The van der Waals surface area contributed by atoms with E-state index in [-0.39, 0.29) is 13.8 Å². The van der Waals surface area contributed by atoms with E-state index in [4.69, 9.17) is 0 Å². The van der Waals surface area contributed by atoms with Crippen molar-refractivity contribution in [2.24, 2.45) is 5.92 Å². The Morgan fingerprint density at radius 3 is 2.36 bits per heavy atom. The fourth-order valence-electron chi connectivity index (χ4n) is 2.48. The summed E-state index contributed by atoms with van der Waals surface area (Å²) in [5.41, 5.74) is 0. The van der Waals surface area contributed by atoms with Crippen LogP contribution >= 0.6 is 31.9 Å². The Bertz CT molecular complexity index is 609. The number of benzene rings is 1. The van der Waals surface area contributed by atoms with Crippen LogP contribution in [0.2, 0.25) is 0 Å². The highest BCUT2D eigenvalue weighted by atomic mass is 79.9. The third kappa shape index (κ3) is 4.74. The van der Waals surface area contributed by atoms with Gasteiger partial charge < -0.3 is 4.90 Å². The van der Waals surface area contributed by atoms with Crippen molar-refractivity contribution >= 4 is 41.9 Å². The topological polar surface area (TPSA) is 49.4 Å². The summed E-state index contributed by atoms with van der Waals surface area (Å²) in [6.45, 7) is 5.28. The lowest BCUT2D eigenvalue weighted by molar-refractivity contribution is 0.195. The first-order chi connectivity index (χ1) is 10.3. The zero-order valence-corrected chi connectivity index (χ0v) is 16.3. The minimum Gasteiger partial charge on any atom is -0.302 e. The van der Waals surface area contributed by atoms with Crippen molar-refractivity contribution in [2.75, 3.05) is 26.2 Å². The maximum atomic E-state index is 13.2. The predicted octanol–water partition coefficient (Wildman–Crippen LogP) is 3.36. The molecule has 0 unspecified atom stereocenters. The van der Waals surface area contributed by atoms with Crippen LogP contribution in [0, 0.1) is 11.7 Å². The highest BCUT2D eigenvalue weighted by Crippen LogP contribution is 2.30. The molecule has 1 fully saturated rings. The lowest BCUT2D eigenvalue weighted by Crippen LogP contribution is -2.39. The van der Waals surface area contributed by atoms with Gasteiger partial charge in [0.2, 0.25) is 10.0 Å². The molecule has 0 bridgehead atoms. The third-order valence-corrected chi connectivity index (χ3v) is 7.17. The van der Waals surface area contributed by atoms with Gasteiger partial charge in [0.1, 0.15) is 10.7 Å². The van der Waals surface area contributed by atoms with E-state index >= 15 is 0 Å². The summed E-state index contributed by atoms with van der Waals surface area (Å²) in [5, 5.41) is 0. The van der Waals surface area contributed by atoms with E-state index in [1.807, 2.05) is 0 Å². The van der Waals surface area contributed by atoms with Crippen LogP contribution in [-0.2, 0) is 10.0 Å². The molecule has 1 saturated heterocycles. The number of hydrogen-bond donors (Lipinski definition) is 1. The number of sulfonamides is 1. The molecule has 22 heavy (non-hydrogen) atoms. The minimum absolute atomic E-state index is 0.0289. The summed E-state index contributed by atoms with van der Waals surface area (Å²) in [5.74, 6) is 0.249. The Labute approximate surface area is 147 Å². The van der Waals surface area contributed by atoms with Gasteiger partial charge in [-0.2, -0.15) is 0 Å². The molecule has 0 aromatic heterocycles. The second-order valence-electron chi connectivity index (χ2n) is 5.62. The van der Waals surface area contributed by atoms with Gasteiger partial charge >= 0.3 is 0 Å². The third-order valence-electron chi connectivity index (χ3n) is 3.83. The minimum atomic E-state index is -3.69. The Balaban J connectivity index is 1.97. The van der Waals surface area contributed by atoms with Crippen LogP contribution in [-0.4, -0.2) is 39.5 Å². The first-order valence-electron chi connectivity index (χ1n) is 7.16. The number of halogens is 3. The Morgan fingerprint density at radius 2 is 1.82 bits per heavy atom. The van der Waals surface area contributed by atoms with Gasteiger partial charge in [0.25, 0.3) is 0 Å². The van der Waals surface area contributed by atoms with Crippen LogP contribution in [0.3, 0.4) is 0 Å². The van der Waals surface area contributed by atoms with E-state index in [0.29, 0.717) is 13.1 Å². The number of piperidine rings is 1. The van der Waals surface area contributed by atoms with Crippen molar-refractivity contribution in [1.29, 1.82) is 0 Å². The van der Waals surface area contributed by atoms with Crippen molar-refractivity contribution in [3.8, 4) is 0 Å². The molecule has 0 amide bonds. The van der Waals surface area contributed by atoms with E-state index in [1.165, 1.54) is 0 Å². The molecule has 0 atom stereocenters. The molecule has 1 aromatic carbocycles. The molecular formula is C14H19Br2FN2O2S. The van der Waals surface area contributed by atoms with Crippen molar-refractivity contribution < 1.29 is 12.8 Å². The van der Waals surface area contributed by atoms with Crippen LogP contribution in [0.15, 0.2) is 26.0 Å². The highest BCUT2D eigenvalue weighted by Gasteiger charge is 2.22. The average Bonchev–Trinajstić information content (AvgIpc) is 2.39. The maximum absolute atomic E-state index is 13.2. The van der Waals surface area contributed by atoms with E-state index in [2.05, 4.69) is 48.4 Å². The number of rotatable bonds is 5. The predicted molar refractivity (Wildman–Crippen MR) is 91.8 cm³/mol. The van der Waals surface area contributed by atoms with Crippen molar-refractivity contribution in [2.45, 2.75) is 24.7 Å². The maximum Gasteiger partial charge on any atom is 0.242 e. The number of nitrogens with one attached hydrogen (secondary N) is 1. The fraction of sp³-hybridized carbons (Fsp3) is 0.571. The smallest absolute Gasteiger partial charge is 0.242 e. The van der Waals surface area contributed by atoms with Crippen molar-refractivity contribution in [1.82, 2.24) is 9.62 Å². The SMILES string of the molecule is CC1CCN(CCNS(=O)(=O)c2c(Br)cc(F)cc2Br)CC1. The molecule has 0 radical (unpaired) electrons. The van der Waals surface area contributed by atoms with Gasteiger partial charge in [0, 0.05) is 22.0 Å². The van der Waals surface area contributed by atoms with Crippen LogP contribution in [0.25, 0.3) is 0 Å². The first-order valence-corrected chi connectivity index (χ1v) is 10.2. The van der Waals surface area contributed by atoms with Gasteiger partial charge in [-0.05, 0) is 75.8 Å². The molecule has 1 N–H and O–H groups in total. The standard InChI is InChI=1S/C14H19Br2FN2O2S/c1-10-2-5-19(6-3-10)7-4-18-22(20,21)14-12(15)8-11(17)9-13(14)16/h8-10,18H,2-7H2,1H3. The molecule has 1 aliphatic rings. The molecule has 124 valence electrons. The van der Waals surface area contributed by atoms with Crippen molar-refractivity contribution in [3.63, 3.8) is 0 Å². The Morgan fingerprint density at radius 1 is 1.27 bits per heavy atom. The molecule has 0 saturated carbocycles. The van der Waals surface area contributed by atoms with E-state index in [0.717, 1.165) is 44.0 Å². The van der Waals surface area contributed by atoms with Crippen LogP contribution in [0.1, 0.15) is 19.8 Å². The molecule has 2 rings (SSSR count). The molecule has 0 aliphatic carbocycles. The quantitative estimate of drug-likeness (QED) is 0.737. The largest absolute Gasteiger partial charge is 0.302 e. The van der Waals surface area contributed by atoms with E-state index < -0.39 is 15.8 Å². The summed E-state index contributed by atoms with van der Waals surface area (Å²) in [4.78, 5) is 2.29. The Kier molecular flexibility index (Phi) is 6.41.